The van der Waals surface area contributed by atoms with Crippen molar-refractivity contribution in [3.05, 3.63) is 0 Å². The summed E-state index contributed by atoms with van der Waals surface area (Å²) in [5.74, 6) is -1.47. The zero-order chi connectivity index (χ0) is 12.0. The highest BCUT2D eigenvalue weighted by molar-refractivity contribution is 5.84. The van der Waals surface area contributed by atoms with Crippen LogP contribution in [0.4, 0.5) is 0 Å². The molecule has 1 amide bonds. The number of amides is 1. The zero-order valence-corrected chi connectivity index (χ0v) is 9.36. The molecule has 0 heterocycles. The Bertz CT molecular complexity index is 227. The molecule has 0 bridgehead atoms. The molecule has 3 N–H and O–H groups in total. The standard InChI is InChI=1S/C10H19NO4/c1-6(2)7(3)9(13)11-8(4-5-12)10(14)15/h6-8,12H,4-5H2,1-3H3,(H,11,13)(H,14,15)/t7?,8-/m0/s1. The summed E-state index contributed by atoms with van der Waals surface area (Å²) < 4.78 is 0. The van der Waals surface area contributed by atoms with E-state index in [2.05, 4.69) is 5.32 Å². The number of aliphatic hydroxyl groups is 1. The second-order valence-electron chi connectivity index (χ2n) is 3.94. The molecule has 1 unspecified atom stereocenters. The lowest BCUT2D eigenvalue weighted by Crippen LogP contribution is -2.44. The van der Waals surface area contributed by atoms with Crippen molar-refractivity contribution in [1.29, 1.82) is 0 Å². The van der Waals surface area contributed by atoms with Gasteiger partial charge >= 0.3 is 5.97 Å². The van der Waals surface area contributed by atoms with Gasteiger partial charge in [-0.15, -0.1) is 0 Å². The molecule has 15 heavy (non-hydrogen) atoms. The summed E-state index contributed by atoms with van der Waals surface area (Å²) in [4.78, 5) is 22.2. The Morgan fingerprint density at radius 2 is 1.80 bits per heavy atom. The van der Waals surface area contributed by atoms with Gasteiger partial charge in [-0.2, -0.15) is 0 Å². The topological polar surface area (TPSA) is 86.6 Å². The summed E-state index contributed by atoms with van der Waals surface area (Å²) in [6, 6.07) is -0.997. The first-order valence-electron chi connectivity index (χ1n) is 5.04. The van der Waals surface area contributed by atoms with Crippen LogP contribution in [0.3, 0.4) is 0 Å². The minimum Gasteiger partial charge on any atom is -0.480 e. The van der Waals surface area contributed by atoms with Crippen molar-refractivity contribution >= 4 is 11.9 Å². The Kier molecular flexibility index (Phi) is 5.93. The normalized spacial score (nSPS) is 14.7. The van der Waals surface area contributed by atoms with Crippen LogP contribution in [-0.4, -0.2) is 34.7 Å². The van der Waals surface area contributed by atoms with Crippen LogP contribution in [0.1, 0.15) is 27.2 Å². The highest BCUT2D eigenvalue weighted by atomic mass is 16.4. The first-order chi connectivity index (χ1) is 6.90. The molecule has 88 valence electrons. The molecule has 0 saturated heterocycles. The molecule has 0 aliphatic rings. The number of aliphatic hydroxyl groups excluding tert-OH is 1. The Morgan fingerprint density at radius 3 is 2.13 bits per heavy atom. The fraction of sp³-hybridized carbons (Fsp3) is 0.800. The van der Waals surface area contributed by atoms with Gasteiger partial charge in [0.2, 0.25) is 5.91 Å². The lowest BCUT2D eigenvalue weighted by Gasteiger charge is -2.19. The van der Waals surface area contributed by atoms with Crippen molar-refractivity contribution in [3.63, 3.8) is 0 Å². The molecule has 2 atom stereocenters. The van der Waals surface area contributed by atoms with Gasteiger partial charge < -0.3 is 15.5 Å². The van der Waals surface area contributed by atoms with Crippen LogP contribution in [0.5, 0.6) is 0 Å². The van der Waals surface area contributed by atoms with Crippen LogP contribution in [0, 0.1) is 11.8 Å². The first kappa shape index (κ1) is 13.9. The van der Waals surface area contributed by atoms with Gasteiger partial charge in [-0.1, -0.05) is 20.8 Å². The van der Waals surface area contributed by atoms with E-state index in [9.17, 15) is 9.59 Å². The second-order valence-corrected chi connectivity index (χ2v) is 3.94. The maximum atomic E-state index is 11.5. The molecule has 0 rings (SSSR count). The molecule has 0 spiro atoms. The fourth-order valence-electron chi connectivity index (χ4n) is 0.992. The summed E-state index contributed by atoms with van der Waals surface area (Å²) in [6.45, 7) is 5.28. The van der Waals surface area contributed by atoms with E-state index in [0.717, 1.165) is 0 Å². The van der Waals surface area contributed by atoms with E-state index in [1.807, 2.05) is 13.8 Å². The SMILES string of the molecule is CC(C)C(C)C(=O)N[C@@H](CCO)C(=O)O. The van der Waals surface area contributed by atoms with Crippen molar-refractivity contribution in [2.24, 2.45) is 11.8 Å². The number of aliphatic carboxylic acids is 1. The second kappa shape index (κ2) is 6.40. The monoisotopic (exact) mass is 217 g/mol. The Morgan fingerprint density at radius 1 is 1.27 bits per heavy atom. The van der Waals surface area contributed by atoms with Gasteiger partial charge in [0.1, 0.15) is 6.04 Å². The van der Waals surface area contributed by atoms with E-state index in [1.165, 1.54) is 0 Å². The van der Waals surface area contributed by atoms with Crippen molar-refractivity contribution in [1.82, 2.24) is 5.32 Å². The molecule has 0 aromatic heterocycles. The van der Waals surface area contributed by atoms with Crippen LogP contribution < -0.4 is 5.32 Å². The molecule has 0 aliphatic carbocycles. The van der Waals surface area contributed by atoms with Crippen LogP contribution in [0.25, 0.3) is 0 Å². The number of carboxylic acid groups (broad SMARTS) is 1. The maximum Gasteiger partial charge on any atom is 0.326 e. The van der Waals surface area contributed by atoms with Crippen LogP contribution >= 0.6 is 0 Å². The van der Waals surface area contributed by atoms with Gasteiger partial charge in [0.15, 0.2) is 0 Å². The fourth-order valence-corrected chi connectivity index (χ4v) is 0.992. The Labute approximate surface area is 89.5 Å². The van der Waals surface area contributed by atoms with E-state index in [4.69, 9.17) is 10.2 Å². The summed E-state index contributed by atoms with van der Waals surface area (Å²) in [5.41, 5.74) is 0. The van der Waals surface area contributed by atoms with Gasteiger partial charge in [-0.3, -0.25) is 4.79 Å². The smallest absolute Gasteiger partial charge is 0.326 e. The van der Waals surface area contributed by atoms with Gasteiger partial charge in [0, 0.05) is 18.9 Å². The summed E-state index contributed by atoms with van der Waals surface area (Å²) in [7, 11) is 0. The number of rotatable bonds is 6. The Balaban J connectivity index is 4.28. The number of nitrogens with one attached hydrogen (secondary N) is 1. The van der Waals surface area contributed by atoms with Gasteiger partial charge in [-0.05, 0) is 5.92 Å². The van der Waals surface area contributed by atoms with Crippen molar-refractivity contribution in [2.75, 3.05) is 6.61 Å². The Hall–Kier alpha value is -1.10. The molecule has 0 fully saturated rings. The van der Waals surface area contributed by atoms with Crippen LogP contribution in [-0.2, 0) is 9.59 Å². The van der Waals surface area contributed by atoms with Gasteiger partial charge in [0.25, 0.3) is 0 Å². The molecule has 0 saturated carbocycles. The number of hydrogen-bond donors (Lipinski definition) is 3. The van der Waals surface area contributed by atoms with Crippen LogP contribution in [0.15, 0.2) is 0 Å². The molecular weight excluding hydrogens is 198 g/mol. The molecule has 0 radical (unpaired) electrons. The lowest BCUT2D eigenvalue weighted by atomic mass is 9.97. The number of carbonyl (C=O) groups is 2. The summed E-state index contributed by atoms with van der Waals surface area (Å²) >= 11 is 0. The highest BCUT2D eigenvalue weighted by Crippen LogP contribution is 2.09. The average Bonchev–Trinajstić information content (AvgIpc) is 2.15. The number of carboxylic acids is 1. The third-order valence-electron chi connectivity index (χ3n) is 2.45. The predicted octanol–water partition coefficient (Wildman–Crippen LogP) is 0.230. The minimum absolute atomic E-state index is 0.0336. The van der Waals surface area contributed by atoms with Crippen molar-refractivity contribution in [3.8, 4) is 0 Å². The molecular formula is C10H19NO4. The maximum absolute atomic E-state index is 11.5. The van der Waals surface area contributed by atoms with Crippen molar-refractivity contribution < 1.29 is 19.8 Å². The summed E-state index contributed by atoms with van der Waals surface area (Å²) in [6.07, 6.45) is 0.0336. The first-order valence-corrected chi connectivity index (χ1v) is 5.04. The summed E-state index contributed by atoms with van der Waals surface area (Å²) in [5, 5.41) is 19.8. The predicted molar refractivity (Wildman–Crippen MR) is 55.3 cm³/mol. The highest BCUT2D eigenvalue weighted by Gasteiger charge is 2.23. The molecule has 5 nitrogen and oxygen atoms in total. The molecule has 5 heteroatoms. The largest absolute Gasteiger partial charge is 0.480 e. The van der Waals surface area contributed by atoms with Gasteiger partial charge in [0.05, 0.1) is 0 Å². The quantitative estimate of drug-likeness (QED) is 0.594. The lowest BCUT2D eigenvalue weighted by molar-refractivity contribution is -0.143. The number of hydrogen-bond acceptors (Lipinski definition) is 3. The zero-order valence-electron chi connectivity index (χ0n) is 9.36. The third-order valence-corrected chi connectivity index (χ3v) is 2.45. The van der Waals surface area contributed by atoms with E-state index >= 15 is 0 Å². The number of carbonyl (C=O) groups excluding carboxylic acids is 1. The van der Waals surface area contributed by atoms with E-state index in [0.29, 0.717) is 0 Å². The molecule has 0 aromatic carbocycles. The molecule has 0 aliphatic heterocycles. The third kappa shape index (κ3) is 4.78. The van der Waals surface area contributed by atoms with Gasteiger partial charge in [-0.25, -0.2) is 4.79 Å². The van der Waals surface area contributed by atoms with E-state index < -0.39 is 12.0 Å². The average molecular weight is 217 g/mol. The van der Waals surface area contributed by atoms with E-state index in [1.54, 1.807) is 6.92 Å². The van der Waals surface area contributed by atoms with E-state index in [-0.39, 0.29) is 30.8 Å². The minimum atomic E-state index is -1.12. The van der Waals surface area contributed by atoms with Crippen molar-refractivity contribution in [2.45, 2.75) is 33.2 Å². The van der Waals surface area contributed by atoms with Crippen LogP contribution in [0.2, 0.25) is 0 Å². The molecule has 0 aromatic rings.